The van der Waals surface area contributed by atoms with E-state index in [1.807, 2.05) is 6.92 Å². The Morgan fingerprint density at radius 3 is 2.65 bits per heavy atom. The van der Waals surface area contributed by atoms with E-state index >= 15 is 0 Å². The van der Waals surface area contributed by atoms with Crippen molar-refractivity contribution >= 4 is 5.91 Å². The number of nitrogens with zero attached hydrogens (tertiary/aromatic N) is 1. The van der Waals surface area contributed by atoms with Crippen LogP contribution < -0.4 is 5.32 Å². The SMILES string of the molecule is CCC1(C)NC(C)N(C2CCCC(C)C2)C1=O. The van der Waals surface area contributed by atoms with Crippen LogP contribution in [0.1, 0.15) is 59.8 Å². The predicted molar refractivity (Wildman–Crippen MR) is 69.6 cm³/mol. The lowest BCUT2D eigenvalue weighted by Crippen LogP contribution is -2.46. The van der Waals surface area contributed by atoms with E-state index in [1.165, 1.54) is 25.7 Å². The van der Waals surface area contributed by atoms with Gasteiger partial charge in [0.2, 0.25) is 5.91 Å². The molecule has 1 heterocycles. The molecule has 2 fully saturated rings. The third-order valence-electron chi connectivity index (χ3n) is 4.66. The van der Waals surface area contributed by atoms with Crippen molar-refractivity contribution in [3.05, 3.63) is 0 Å². The van der Waals surface area contributed by atoms with Crippen LogP contribution in [0.2, 0.25) is 0 Å². The number of rotatable bonds is 2. The average molecular weight is 238 g/mol. The fourth-order valence-corrected chi connectivity index (χ4v) is 3.44. The zero-order chi connectivity index (χ0) is 12.6. The smallest absolute Gasteiger partial charge is 0.244 e. The fraction of sp³-hybridized carbons (Fsp3) is 0.929. The van der Waals surface area contributed by atoms with Gasteiger partial charge < -0.3 is 4.90 Å². The first-order chi connectivity index (χ1) is 7.98. The topological polar surface area (TPSA) is 32.3 Å². The Hall–Kier alpha value is -0.570. The molecule has 0 aromatic carbocycles. The second-order valence-electron chi connectivity index (χ2n) is 6.14. The lowest BCUT2D eigenvalue weighted by Gasteiger charge is -2.36. The molecule has 1 aliphatic carbocycles. The molecule has 3 heteroatoms. The van der Waals surface area contributed by atoms with Gasteiger partial charge in [-0.1, -0.05) is 26.7 Å². The highest BCUT2D eigenvalue weighted by atomic mass is 16.2. The molecule has 4 unspecified atom stereocenters. The fourth-order valence-electron chi connectivity index (χ4n) is 3.44. The largest absolute Gasteiger partial charge is 0.323 e. The second-order valence-corrected chi connectivity index (χ2v) is 6.14. The maximum atomic E-state index is 12.5. The normalized spacial score (nSPS) is 43.2. The van der Waals surface area contributed by atoms with E-state index in [4.69, 9.17) is 0 Å². The highest BCUT2D eigenvalue weighted by Crippen LogP contribution is 2.33. The van der Waals surface area contributed by atoms with Crippen LogP contribution in [0.3, 0.4) is 0 Å². The number of nitrogens with one attached hydrogen (secondary N) is 1. The minimum atomic E-state index is -0.333. The van der Waals surface area contributed by atoms with Crippen LogP contribution in [-0.4, -0.2) is 28.6 Å². The summed E-state index contributed by atoms with van der Waals surface area (Å²) in [7, 11) is 0. The van der Waals surface area contributed by atoms with E-state index in [-0.39, 0.29) is 11.7 Å². The summed E-state index contributed by atoms with van der Waals surface area (Å²) in [5.74, 6) is 1.08. The molecule has 1 saturated carbocycles. The van der Waals surface area contributed by atoms with Crippen LogP contribution >= 0.6 is 0 Å². The number of hydrogen-bond donors (Lipinski definition) is 1. The number of carbonyl (C=O) groups is 1. The maximum absolute atomic E-state index is 12.5. The second kappa shape index (κ2) is 4.60. The van der Waals surface area contributed by atoms with Crippen LogP contribution in [0.25, 0.3) is 0 Å². The van der Waals surface area contributed by atoms with Gasteiger partial charge in [-0.25, -0.2) is 0 Å². The maximum Gasteiger partial charge on any atom is 0.244 e. The number of carbonyl (C=O) groups excluding carboxylic acids is 1. The molecule has 1 N–H and O–H groups in total. The number of hydrogen-bond acceptors (Lipinski definition) is 2. The van der Waals surface area contributed by atoms with E-state index in [9.17, 15) is 4.79 Å². The molecule has 3 nitrogen and oxygen atoms in total. The first-order valence-corrected chi connectivity index (χ1v) is 7.08. The van der Waals surface area contributed by atoms with Gasteiger partial charge in [0.15, 0.2) is 0 Å². The number of amides is 1. The minimum absolute atomic E-state index is 0.197. The highest BCUT2D eigenvalue weighted by Gasteiger charge is 2.47. The van der Waals surface area contributed by atoms with Gasteiger partial charge in [-0.2, -0.15) is 0 Å². The molecular weight excluding hydrogens is 212 g/mol. The molecule has 17 heavy (non-hydrogen) atoms. The van der Waals surface area contributed by atoms with Crippen molar-refractivity contribution in [2.45, 2.75) is 77.5 Å². The monoisotopic (exact) mass is 238 g/mol. The van der Waals surface area contributed by atoms with Crippen LogP contribution in [0.5, 0.6) is 0 Å². The van der Waals surface area contributed by atoms with Crippen molar-refractivity contribution in [3.8, 4) is 0 Å². The molecule has 0 spiro atoms. The first-order valence-electron chi connectivity index (χ1n) is 7.08. The first kappa shape index (κ1) is 12.9. The zero-order valence-corrected chi connectivity index (χ0v) is 11.6. The molecule has 4 atom stereocenters. The lowest BCUT2D eigenvalue weighted by atomic mass is 9.85. The van der Waals surface area contributed by atoms with Crippen molar-refractivity contribution in [1.82, 2.24) is 10.2 Å². The Morgan fingerprint density at radius 2 is 2.12 bits per heavy atom. The molecule has 1 amide bonds. The van der Waals surface area contributed by atoms with Crippen LogP contribution in [0, 0.1) is 5.92 Å². The minimum Gasteiger partial charge on any atom is -0.323 e. The Balaban J connectivity index is 2.13. The zero-order valence-electron chi connectivity index (χ0n) is 11.6. The Labute approximate surface area is 105 Å². The van der Waals surface area contributed by atoms with E-state index in [2.05, 4.69) is 31.0 Å². The van der Waals surface area contributed by atoms with Gasteiger partial charge in [0.25, 0.3) is 0 Å². The van der Waals surface area contributed by atoms with Crippen molar-refractivity contribution in [3.63, 3.8) is 0 Å². The van der Waals surface area contributed by atoms with Gasteiger partial charge in [-0.15, -0.1) is 0 Å². The highest BCUT2D eigenvalue weighted by molar-refractivity contribution is 5.88. The molecule has 2 aliphatic rings. The Morgan fingerprint density at radius 1 is 1.41 bits per heavy atom. The van der Waals surface area contributed by atoms with Crippen molar-refractivity contribution in [1.29, 1.82) is 0 Å². The summed E-state index contributed by atoms with van der Waals surface area (Å²) in [5, 5.41) is 3.47. The summed E-state index contributed by atoms with van der Waals surface area (Å²) >= 11 is 0. The van der Waals surface area contributed by atoms with Gasteiger partial charge in [0.05, 0.1) is 11.7 Å². The van der Waals surface area contributed by atoms with Gasteiger partial charge in [0.1, 0.15) is 0 Å². The Kier molecular flexibility index (Phi) is 3.48. The summed E-state index contributed by atoms with van der Waals surface area (Å²) in [6.07, 6.45) is 6.02. The van der Waals surface area contributed by atoms with Crippen LogP contribution in [-0.2, 0) is 4.79 Å². The molecule has 98 valence electrons. The van der Waals surface area contributed by atoms with Crippen molar-refractivity contribution in [2.24, 2.45) is 5.92 Å². The summed E-state index contributed by atoms with van der Waals surface area (Å²) in [6, 6.07) is 0.460. The van der Waals surface area contributed by atoms with E-state index in [0.717, 1.165) is 12.3 Å². The molecular formula is C14H26N2O. The van der Waals surface area contributed by atoms with Crippen molar-refractivity contribution < 1.29 is 4.79 Å². The summed E-state index contributed by atoms with van der Waals surface area (Å²) < 4.78 is 0. The molecule has 0 aromatic rings. The van der Waals surface area contributed by atoms with E-state index in [1.54, 1.807) is 0 Å². The molecule has 1 aliphatic heterocycles. The average Bonchev–Trinajstić information content (AvgIpc) is 2.50. The molecule has 2 rings (SSSR count). The van der Waals surface area contributed by atoms with Gasteiger partial charge >= 0.3 is 0 Å². The standard InChI is InChI=1S/C14H26N2O/c1-5-14(4)13(17)16(11(3)15-14)12-8-6-7-10(2)9-12/h10-12,15H,5-9H2,1-4H3. The van der Waals surface area contributed by atoms with Crippen molar-refractivity contribution in [2.75, 3.05) is 0 Å². The Bertz CT molecular complexity index is 305. The summed E-state index contributed by atoms with van der Waals surface area (Å²) in [5.41, 5.74) is -0.333. The van der Waals surface area contributed by atoms with Gasteiger partial charge in [-0.3, -0.25) is 10.1 Å². The van der Waals surface area contributed by atoms with E-state index < -0.39 is 0 Å². The van der Waals surface area contributed by atoms with Crippen LogP contribution in [0.4, 0.5) is 0 Å². The van der Waals surface area contributed by atoms with E-state index in [0.29, 0.717) is 11.9 Å². The molecule has 0 bridgehead atoms. The summed E-state index contributed by atoms with van der Waals surface area (Å²) in [4.78, 5) is 14.7. The molecule has 1 saturated heterocycles. The summed E-state index contributed by atoms with van der Waals surface area (Å²) in [6.45, 7) is 8.56. The molecule has 0 aromatic heterocycles. The van der Waals surface area contributed by atoms with Crippen LogP contribution in [0.15, 0.2) is 0 Å². The lowest BCUT2D eigenvalue weighted by molar-refractivity contribution is -0.135. The third-order valence-corrected chi connectivity index (χ3v) is 4.66. The van der Waals surface area contributed by atoms with Gasteiger partial charge in [-0.05, 0) is 39.0 Å². The van der Waals surface area contributed by atoms with Gasteiger partial charge in [0, 0.05) is 6.04 Å². The molecule has 0 radical (unpaired) electrons. The third kappa shape index (κ3) is 2.22. The quantitative estimate of drug-likeness (QED) is 0.801. The predicted octanol–water partition coefficient (Wildman–Crippen LogP) is 2.51.